The summed E-state index contributed by atoms with van der Waals surface area (Å²) in [4.78, 5) is 11.0. The molecule has 0 atom stereocenters. The average molecular weight is 363 g/mol. The number of benzene rings is 2. The van der Waals surface area contributed by atoms with Crippen LogP contribution in [0.2, 0.25) is 0 Å². The Hall–Kier alpha value is -3.55. The minimum atomic E-state index is -2.94. The number of pyridine rings is 1. The van der Waals surface area contributed by atoms with Crippen LogP contribution in [0.4, 0.5) is 8.63 Å². The van der Waals surface area contributed by atoms with E-state index in [0.29, 0.717) is 10.2 Å². The number of halogens is 2. The second-order valence-electron chi connectivity index (χ2n) is 5.91. The maximum absolute atomic E-state index is 13.3. The quantitative estimate of drug-likeness (QED) is 0.448. The molecule has 27 heavy (non-hydrogen) atoms. The summed E-state index contributed by atoms with van der Waals surface area (Å²) >= 11 is 0. The van der Waals surface area contributed by atoms with Gasteiger partial charge >= 0.3 is 13.4 Å². The monoisotopic (exact) mass is 363 g/mol. The molecule has 0 fully saturated rings. The van der Waals surface area contributed by atoms with E-state index in [2.05, 4.69) is 10.2 Å². The van der Waals surface area contributed by atoms with Crippen LogP contribution in [0.1, 0.15) is 21.5 Å². The third-order valence-corrected chi connectivity index (χ3v) is 4.32. The Morgan fingerprint density at radius 2 is 1.41 bits per heavy atom. The molecule has 1 aliphatic rings. The molecule has 132 valence electrons. The third kappa shape index (κ3) is 2.95. The summed E-state index contributed by atoms with van der Waals surface area (Å²) in [7, 11) is -2.94. The SMILES string of the molecule is O=C(O)c1cc/c(=N/N=C2c3ccccc3-c3ccccc32)n(B(F)F)c1. The highest BCUT2D eigenvalue weighted by atomic mass is 19.2. The Kier molecular flexibility index (Phi) is 4.16. The van der Waals surface area contributed by atoms with Gasteiger partial charge in [-0.25, -0.2) is 4.79 Å². The smallest absolute Gasteiger partial charge is 0.478 e. The van der Waals surface area contributed by atoms with E-state index >= 15 is 0 Å². The summed E-state index contributed by atoms with van der Waals surface area (Å²) in [6.07, 6.45) is 0.850. The molecule has 0 saturated carbocycles. The molecule has 1 aliphatic carbocycles. The van der Waals surface area contributed by atoms with Crippen molar-refractivity contribution in [3.05, 3.63) is 89.0 Å². The van der Waals surface area contributed by atoms with Gasteiger partial charge in [-0.2, -0.15) is 0 Å². The van der Waals surface area contributed by atoms with Crippen LogP contribution in [0.15, 0.2) is 77.1 Å². The van der Waals surface area contributed by atoms with Crippen molar-refractivity contribution in [2.75, 3.05) is 0 Å². The number of carbonyl (C=O) groups is 1. The van der Waals surface area contributed by atoms with Gasteiger partial charge in [0, 0.05) is 17.3 Å². The van der Waals surface area contributed by atoms with Crippen molar-refractivity contribution in [3.63, 3.8) is 0 Å². The number of hydrogen-bond acceptors (Lipinski definition) is 3. The van der Waals surface area contributed by atoms with Gasteiger partial charge in [0.05, 0.1) is 5.56 Å². The Morgan fingerprint density at radius 3 is 1.93 bits per heavy atom. The molecular weight excluding hydrogens is 351 g/mol. The summed E-state index contributed by atoms with van der Waals surface area (Å²) < 4.78 is 27.1. The fourth-order valence-electron chi connectivity index (χ4n) is 3.08. The fourth-order valence-corrected chi connectivity index (χ4v) is 3.08. The number of carboxylic acid groups (broad SMARTS) is 1. The second kappa shape index (κ2) is 6.64. The normalized spacial score (nSPS) is 12.5. The molecule has 5 nitrogen and oxygen atoms in total. The Bertz CT molecular complexity index is 1110. The number of fused-ring (bicyclic) bond motifs is 3. The standard InChI is InChI=1S/C19H12BF2N3O2/c21-20(22)25-11-12(19(26)27)9-10-17(25)23-24-18-15-7-3-1-5-13(15)14-6-2-4-8-16(14)18/h1-11H,(H,26,27)/b23-17-. The van der Waals surface area contributed by atoms with Crippen molar-refractivity contribution >= 4 is 19.1 Å². The Labute approximate surface area is 153 Å². The molecule has 8 heteroatoms. The van der Waals surface area contributed by atoms with E-state index in [1.807, 2.05) is 48.5 Å². The van der Waals surface area contributed by atoms with E-state index in [-0.39, 0.29) is 11.1 Å². The summed E-state index contributed by atoms with van der Waals surface area (Å²) in [5.74, 6) is -1.29. The molecule has 3 aromatic rings. The first-order chi connectivity index (χ1) is 13.1. The molecule has 1 heterocycles. The van der Waals surface area contributed by atoms with E-state index < -0.39 is 13.4 Å². The minimum absolute atomic E-state index is 0.135. The maximum Gasteiger partial charge on any atom is 0.678 e. The number of nitrogens with zero attached hydrogens (tertiary/aromatic N) is 3. The highest BCUT2D eigenvalue weighted by Gasteiger charge is 2.24. The van der Waals surface area contributed by atoms with Crippen LogP contribution in [0.5, 0.6) is 0 Å². The molecule has 4 rings (SSSR count). The van der Waals surface area contributed by atoms with Gasteiger partial charge in [0.15, 0.2) is 0 Å². The summed E-state index contributed by atoms with van der Waals surface area (Å²) in [6.45, 7) is 0. The highest BCUT2D eigenvalue weighted by Crippen LogP contribution is 2.36. The molecule has 0 amide bonds. The van der Waals surface area contributed by atoms with Gasteiger partial charge in [0.25, 0.3) is 0 Å². The lowest BCUT2D eigenvalue weighted by Gasteiger charge is -2.04. The van der Waals surface area contributed by atoms with E-state index in [1.54, 1.807) is 0 Å². The lowest BCUT2D eigenvalue weighted by atomic mass is 10.1. The lowest BCUT2D eigenvalue weighted by Crippen LogP contribution is -2.29. The van der Waals surface area contributed by atoms with Crippen LogP contribution < -0.4 is 5.49 Å². The lowest BCUT2D eigenvalue weighted by molar-refractivity contribution is 0.0696. The van der Waals surface area contributed by atoms with Gasteiger partial charge in [-0.1, -0.05) is 48.5 Å². The molecule has 0 radical (unpaired) electrons. The molecule has 1 aromatic heterocycles. The number of carboxylic acids is 1. The van der Waals surface area contributed by atoms with Gasteiger partial charge in [-0.3, -0.25) is 8.63 Å². The van der Waals surface area contributed by atoms with Gasteiger partial charge in [0.1, 0.15) is 11.2 Å². The largest absolute Gasteiger partial charge is 0.678 e. The van der Waals surface area contributed by atoms with Crippen molar-refractivity contribution in [1.29, 1.82) is 0 Å². The van der Waals surface area contributed by atoms with Crippen molar-refractivity contribution in [3.8, 4) is 11.1 Å². The van der Waals surface area contributed by atoms with Crippen LogP contribution in [0.25, 0.3) is 11.1 Å². The van der Waals surface area contributed by atoms with Crippen molar-refractivity contribution in [1.82, 2.24) is 4.48 Å². The fraction of sp³-hybridized carbons (Fsp3) is 0. The number of hydrogen-bond donors (Lipinski definition) is 1. The summed E-state index contributed by atoms with van der Waals surface area (Å²) in [5, 5.41) is 17.2. The summed E-state index contributed by atoms with van der Waals surface area (Å²) in [5.41, 5.74) is 3.95. The summed E-state index contributed by atoms with van der Waals surface area (Å²) in [6, 6.07) is 17.8. The number of rotatable bonds is 3. The molecule has 0 spiro atoms. The topological polar surface area (TPSA) is 66.9 Å². The van der Waals surface area contributed by atoms with E-state index in [4.69, 9.17) is 5.11 Å². The van der Waals surface area contributed by atoms with E-state index in [9.17, 15) is 13.4 Å². The Balaban J connectivity index is 1.89. The molecule has 0 aliphatic heterocycles. The van der Waals surface area contributed by atoms with Crippen molar-refractivity contribution < 1.29 is 18.5 Å². The number of aromatic nitrogens is 1. The molecule has 0 bridgehead atoms. The number of aromatic carboxylic acids is 1. The zero-order valence-electron chi connectivity index (χ0n) is 13.9. The molecular formula is C19H12BF2N3O2. The average Bonchev–Trinajstić information content (AvgIpc) is 3.00. The van der Waals surface area contributed by atoms with Gasteiger partial charge in [-0.15, -0.1) is 10.2 Å². The van der Waals surface area contributed by atoms with Gasteiger partial charge in [-0.05, 0) is 23.3 Å². The maximum atomic E-state index is 13.3. The molecule has 1 N–H and O–H groups in total. The van der Waals surface area contributed by atoms with Crippen LogP contribution in [0.3, 0.4) is 0 Å². The first-order valence-corrected chi connectivity index (χ1v) is 8.11. The molecule has 0 unspecified atom stereocenters. The molecule has 0 saturated heterocycles. The van der Waals surface area contributed by atoms with Crippen LogP contribution >= 0.6 is 0 Å². The van der Waals surface area contributed by atoms with Crippen molar-refractivity contribution in [2.45, 2.75) is 0 Å². The molecule has 2 aromatic carbocycles. The second-order valence-corrected chi connectivity index (χ2v) is 5.91. The van der Waals surface area contributed by atoms with E-state index in [1.165, 1.54) is 12.1 Å². The van der Waals surface area contributed by atoms with Crippen LogP contribution in [-0.4, -0.2) is 28.7 Å². The van der Waals surface area contributed by atoms with Crippen LogP contribution in [-0.2, 0) is 0 Å². The minimum Gasteiger partial charge on any atom is -0.478 e. The predicted octanol–water partition coefficient (Wildman–Crippen LogP) is 3.29. The third-order valence-electron chi connectivity index (χ3n) is 4.32. The Morgan fingerprint density at radius 1 is 0.852 bits per heavy atom. The highest BCUT2D eigenvalue weighted by molar-refractivity contribution is 6.40. The first kappa shape index (κ1) is 16.9. The van der Waals surface area contributed by atoms with Gasteiger partial charge < -0.3 is 9.58 Å². The van der Waals surface area contributed by atoms with Crippen molar-refractivity contribution in [2.24, 2.45) is 10.2 Å². The van der Waals surface area contributed by atoms with Crippen LogP contribution in [0, 0.1) is 0 Å². The van der Waals surface area contributed by atoms with Gasteiger partial charge in [0.2, 0.25) is 0 Å². The first-order valence-electron chi connectivity index (χ1n) is 8.11. The zero-order valence-corrected chi connectivity index (χ0v) is 13.9. The van der Waals surface area contributed by atoms with E-state index in [0.717, 1.165) is 28.5 Å². The zero-order chi connectivity index (χ0) is 19.0. The predicted molar refractivity (Wildman–Crippen MR) is 97.8 cm³/mol.